The van der Waals surface area contributed by atoms with Gasteiger partial charge in [0.25, 0.3) is 5.56 Å². The number of ether oxygens (including phenoxy) is 1. The van der Waals surface area contributed by atoms with Gasteiger partial charge in [0.1, 0.15) is 12.4 Å². The van der Waals surface area contributed by atoms with Crippen molar-refractivity contribution in [3.8, 4) is 5.75 Å². The third kappa shape index (κ3) is 3.37. The van der Waals surface area contributed by atoms with E-state index in [0.717, 1.165) is 15.8 Å². The van der Waals surface area contributed by atoms with Crippen molar-refractivity contribution in [1.29, 1.82) is 0 Å². The quantitative estimate of drug-likeness (QED) is 0.822. The lowest BCUT2D eigenvalue weighted by molar-refractivity contribution is 0.200. The van der Waals surface area contributed by atoms with Crippen molar-refractivity contribution in [3.05, 3.63) is 51.0 Å². The highest BCUT2D eigenvalue weighted by Gasteiger charge is 2.21. The van der Waals surface area contributed by atoms with Crippen LogP contribution in [0.3, 0.4) is 0 Å². The van der Waals surface area contributed by atoms with Crippen LogP contribution in [-0.4, -0.2) is 33.6 Å². The first-order valence-electron chi connectivity index (χ1n) is 7.03. The molecule has 1 aromatic carbocycles. The highest BCUT2D eigenvalue weighted by molar-refractivity contribution is 9.10. The van der Waals surface area contributed by atoms with E-state index in [1.165, 1.54) is 17.0 Å². The molecule has 1 aromatic heterocycles. The molecule has 120 valence electrons. The lowest BCUT2D eigenvalue weighted by Crippen LogP contribution is -2.38. The SMILES string of the molecule is Cn1ccnc(NC(=O)N2CCOc3cc(Br)ccc3C2)c1=O. The summed E-state index contributed by atoms with van der Waals surface area (Å²) in [7, 11) is 1.60. The minimum absolute atomic E-state index is 0.0150. The Kier molecular flexibility index (Phi) is 4.33. The molecule has 7 nitrogen and oxygen atoms in total. The van der Waals surface area contributed by atoms with Gasteiger partial charge >= 0.3 is 6.03 Å². The number of benzene rings is 1. The molecule has 0 aliphatic carbocycles. The molecule has 2 aromatic rings. The number of hydrogen-bond acceptors (Lipinski definition) is 4. The van der Waals surface area contributed by atoms with Crippen molar-refractivity contribution in [1.82, 2.24) is 14.5 Å². The van der Waals surface area contributed by atoms with Crippen LogP contribution in [0, 0.1) is 0 Å². The zero-order valence-electron chi connectivity index (χ0n) is 12.5. The molecular weight excluding hydrogens is 364 g/mol. The molecule has 2 heterocycles. The Bertz CT molecular complexity index is 806. The summed E-state index contributed by atoms with van der Waals surface area (Å²) in [4.78, 5) is 29.9. The second-order valence-corrected chi connectivity index (χ2v) is 6.06. The van der Waals surface area contributed by atoms with Crippen LogP contribution >= 0.6 is 15.9 Å². The number of rotatable bonds is 1. The molecule has 0 unspecified atom stereocenters. The van der Waals surface area contributed by atoms with Crippen LogP contribution in [0.15, 0.2) is 39.9 Å². The minimum Gasteiger partial charge on any atom is -0.491 e. The van der Waals surface area contributed by atoms with Gasteiger partial charge in [-0.3, -0.25) is 10.1 Å². The molecular formula is C15H15BrN4O3. The smallest absolute Gasteiger partial charge is 0.323 e. The van der Waals surface area contributed by atoms with Gasteiger partial charge < -0.3 is 14.2 Å². The van der Waals surface area contributed by atoms with Gasteiger partial charge in [-0.15, -0.1) is 0 Å². The number of halogens is 1. The van der Waals surface area contributed by atoms with E-state index < -0.39 is 0 Å². The largest absolute Gasteiger partial charge is 0.491 e. The summed E-state index contributed by atoms with van der Waals surface area (Å²) in [5.41, 5.74) is 0.561. The fraction of sp³-hybridized carbons (Fsp3) is 0.267. The van der Waals surface area contributed by atoms with E-state index in [4.69, 9.17) is 4.74 Å². The summed E-state index contributed by atoms with van der Waals surface area (Å²) < 4.78 is 7.95. The Morgan fingerprint density at radius 2 is 2.26 bits per heavy atom. The first-order valence-corrected chi connectivity index (χ1v) is 7.82. The molecule has 0 saturated heterocycles. The van der Waals surface area contributed by atoms with Gasteiger partial charge in [-0.05, 0) is 12.1 Å². The number of carbonyl (C=O) groups excluding carboxylic acids is 1. The average molecular weight is 379 g/mol. The number of aryl methyl sites for hydroxylation is 1. The van der Waals surface area contributed by atoms with E-state index in [1.54, 1.807) is 11.9 Å². The molecule has 0 spiro atoms. The molecule has 2 amide bonds. The molecule has 8 heteroatoms. The zero-order valence-corrected chi connectivity index (χ0v) is 14.0. The number of amides is 2. The van der Waals surface area contributed by atoms with Crippen LogP contribution in [0.2, 0.25) is 0 Å². The summed E-state index contributed by atoms with van der Waals surface area (Å²) in [6.45, 7) is 1.21. The van der Waals surface area contributed by atoms with Crippen molar-refractivity contribution in [3.63, 3.8) is 0 Å². The van der Waals surface area contributed by atoms with E-state index in [1.807, 2.05) is 18.2 Å². The maximum absolute atomic E-state index is 12.4. The third-order valence-corrected chi connectivity index (χ3v) is 4.03. The maximum atomic E-state index is 12.4. The van der Waals surface area contributed by atoms with E-state index in [-0.39, 0.29) is 17.4 Å². The average Bonchev–Trinajstić information content (AvgIpc) is 2.73. The van der Waals surface area contributed by atoms with Crippen LogP contribution in [0.1, 0.15) is 5.56 Å². The Hall–Kier alpha value is -2.35. The Labute approximate surface area is 141 Å². The van der Waals surface area contributed by atoms with E-state index in [9.17, 15) is 9.59 Å². The van der Waals surface area contributed by atoms with Gasteiger partial charge in [0.05, 0.1) is 13.1 Å². The van der Waals surface area contributed by atoms with Crippen molar-refractivity contribution in [2.45, 2.75) is 6.54 Å². The lowest BCUT2D eigenvalue weighted by atomic mass is 10.2. The van der Waals surface area contributed by atoms with E-state index in [2.05, 4.69) is 26.2 Å². The molecule has 23 heavy (non-hydrogen) atoms. The van der Waals surface area contributed by atoms with Gasteiger partial charge in [-0.1, -0.05) is 22.0 Å². The monoisotopic (exact) mass is 378 g/mol. The number of carbonyl (C=O) groups is 1. The summed E-state index contributed by atoms with van der Waals surface area (Å²) in [5, 5.41) is 2.57. The van der Waals surface area contributed by atoms with Crippen LogP contribution in [-0.2, 0) is 13.6 Å². The van der Waals surface area contributed by atoms with Crippen molar-refractivity contribution >= 4 is 27.8 Å². The molecule has 0 saturated carbocycles. The van der Waals surface area contributed by atoms with Crippen LogP contribution in [0.5, 0.6) is 5.75 Å². The molecule has 3 rings (SSSR count). The number of anilines is 1. The maximum Gasteiger partial charge on any atom is 0.323 e. The third-order valence-electron chi connectivity index (χ3n) is 3.54. The molecule has 1 N–H and O–H groups in total. The van der Waals surface area contributed by atoms with Crippen LogP contribution < -0.4 is 15.6 Å². The Balaban J connectivity index is 1.79. The van der Waals surface area contributed by atoms with Crippen molar-refractivity contribution in [2.24, 2.45) is 7.05 Å². The van der Waals surface area contributed by atoms with E-state index in [0.29, 0.717) is 19.7 Å². The number of hydrogen-bond donors (Lipinski definition) is 1. The standard InChI is InChI=1S/C15H15BrN4O3/c1-19-5-4-17-13(14(19)21)18-15(22)20-6-7-23-12-8-11(16)3-2-10(12)9-20/h2-5,8H,6-7,9H2,1H3,(H,17,18,22). The molecule has 1 aliphatic rings. The summed E-state index contributed by atoms with van der Waals surface area (Å²) >= 11 is 3.40. The number of fused-ring (bicyclic) bond motifs is 1. The Morgan fingerprint density at radius 3 is 3.09 bits per heavy atom. The highest BCUT2D eigenvalue weighted by Crippen LogP contribution is 2.27. The summed E-state index contributed by atoms with van der Waals surface area (Å²) in [6.07, 6.45) is 3.00. The summed E-state index contributed by atoms with van der Waals surface area (Å²) in [5.74, 6) is 0.768. The lowest BCUT2D eigenvalue weighted by Gasteiger charge is -2.20. The second-order valence-electron chi connectivity index (χ2n) is 5.14. The van der Waals surface area contributed by atoms with Gasteiger partial charge in [0, 0.05) is 29.5 Å². The molecule has 0 radical (unpaired) electrons. The van der Waals surface area contributed by atoms with Gasteiger partial charge in [0.2, 0.25) is 5.82 Å². The fourth-order valence-corrected chi connectivity index (χ4v) is 2.62. The second kappa shape index (κ2) is 6.41. The van der Waals surface area contributed by atoms with Crippen LogP contribution in [0.4, 0.5) is 10.6 Å². The van der Waals surface area contributed by atoms with Crippen molar-refractivity contribution < 1.29 is 9.53 Å². The fourth-order valence-electron chi connectivity index (χ4n) is 2.28. The summed E-state index contributed by atoms with van der Waals surface area (Å²) in [6, 6.07) is 5.31. The normalized spacial score (nSPS) is 13.7. The Morgan fingerprint density at radius 1 is 1.43 bits per heavy atom. The van der Waals surface area contributed by atoms with Crippen LogP contribution in [0.25, 0.3) is 0 Å². The number of nitrogens with zero attached hydrogens (tertiary/aromatic N) is 3. The zero-order chi connectivity index (χ0) is 16.4. The number of urea groups is 1. The first-order chi connectivity index (χ1) is 11.0. The number of aromatic nitrogens is 2. The predicted molar refractivity (Wildman–Crippen MR) is 88.5 cm³/mol. The topological polar surface area (TPSA) is 76.5 Å². The molecule has 0 atom stereocenters. The van der Waals surface area contributed by atoms with Gasteiger partial charge in [-0.25, -0.2) is 9.78 Å². The molecule has 1 aliphatic heterocycles. The van der Waals surface area contributed by atoms with Crippen molar-refractivity contribution in [2.75, 3.05) is 18.5 Å². The minimum atomic E-state index is -0.375. The molecule has 0 bridgehead atoms. The van der Waals surface area contributed by atoms with Gasteiger partial charge in [0.15, 0.2) is 0 Å². The van der Waals surface area contributed by atoms with Gasteiger partial charge in [-0.2, -0.15) is 0 Å². The number of nitrogens with one attached hydrogen (secondary N) is 1. The van der Waals surface area contributed by atoms with E-state index >= 15 is 0 Å². The highest BCUT2D eigenvalue weighted by atomic mass is 79.9. The predicted octanol–water partition coefficient (Wildman–Crippen LogP) is 1.97. The molecule has 0 fully saturated rings. The first kappa shape index (κ1) is 15.5.